The predicted molar refractivity (Wildman–Crippen MR) is 66.3 cm³/mol. The fourth-order valence-corrected chi connectivity index (χ4v) is 2.77. The molecule has 1 aromatic heterocycles. The van der Waals surface area contributed by atoms with E-state index in [1.165, 1.54) is 11.3 Å². The van der Waals surface area contributed by atoms with Crippen molar-refractivity contribution in [1.29, 1.82) is 0 Å². The zero-order chi connectivity index (χ0) is 12.3. The summed E-state index contributed by atoms with van der Waals surface area (Å²) in [5.74, 6) is 0.0872. The van der Waals surface area contributed by atoms with E-state index in [4.69, 9.17) is 4.74 Å². The fourth-order valence-electron chi connectivity index (χ4n) is 1.88. The minimum atomic E-state index is 0.0872. The Morgan fingerprint density at radius 2 is 2.24 bits per heavy atom. The minimum Gasteiger partial charge on any atom is -0.378 e. The van der Waals surface area contributed by atoms with Crippen LogP contribution in [0.5, 0.6) is 0 Å². The Hall–Kier alpha value is -0.980. The van der Waals surface area contributed by atoms with Crippen molar-refractivity contribution in [3.63, 3.8) is 0 Å². The number of nitrogens with one attached hydrogen (secondary N) is 1. The van der Waals surface area contributed by atoms with Crippen LogP contribution in [-0.4, -0.2) is 49.1 Å². The van der Waals surface area contributed by atoms with E-state index in [1.807, 2.05) is 11.8 Å². The summed E-state index contributed by atoms with van der Waals surface area (Å²) in [6.45, 7) is 5.58. The van der Waals surface area contributed by atoms with Gasteiger partial charge in [0.05, 0.1) is 17.3 Å². The van der Waals surface area contributed by atoms with Gasteiger partial charge in [-0.05, 0) is 6.92 Å². The number of thiazole rings is 1. The quantitative estimate of drug-likeness (QED) is 0.861. The number of aromatic nitrogens is 1. The first-order chi connectivity index (χ1) is 8.22. The molecule has 6 heteroatoms. The lowest BCUT2D eigenvalue weighted by Gasteiger charge is -2.27. The summed E-state index contributed by atoms with van der Waals surface area (Å²) in [5, 5.41) is 4.15. The molecule has 0 aliphatic carbocycles. The average molecular weight is 255 g/mol. The first-order valence-corrected chi connectivity index (χ1v) is 6.49. The van der Waals surface area contributed by atoms with Gasteiger partial charge < -0.3 is 15.0 Å². The van der Waals surface area contributed by atoms with Crippen LogP contribution in [0.4, 0.5) is 0 Å². The maximum Gasteiger partial charge on any atom is 0.266 e. The molecule has 0 spiro atoms. The molecule has 1 fully saturated rings. The van der Waals surface area contributed by atoms with Gasteiger partial charge in [-0.2, -0.15) is 0 Å². The largest absolute Gasteiger partial charge is 0.378 e. The minimum absolute atomic E-state index is 0.0872. The standard InChI is InChI=1S/C11H17N3O2S/c1-8-13-9(7-16-2)10(17-8)11(15)14-5-3-12-4-6-14/h12H,3-7H2,1-2H3. The van der Waals surface area contributed by atoms with Crippen LogP contribution in [0.25, 0.3) is 0 Å². The van der Waals surface area contributed by atoms with Crippen LogP contribution in [-0.2, 0) is 11.3 Å². The molecule has 0 radical (unpaired) electrons. The summed E-state index contributed by atoms with van der Waals surface area (Å²) in [7, 11) is 1.62. The van der Waals surface area contributed by atoms with Crippen molar-refractivity contribution in [3.05, 3.63) is 15.6 Å². The molecule has 1 N–H and O–H groups in total. The molecule has 1 amide bonds. The lowest BCUT2D eigenvalue weighted by atomic mass is 10.3. The SMILES string of the molecule is COCc1nc(C)sc1C(=O)N1CCNCC1. The zero-order valence-corrected chi connectivity index (χ0v) is 11.0. The van der Waals surface area contributed by atoms with E-state index < -0.39 is 0 Å². The molecule has 94 valence electrons. The Morgan fingerprint density at radius 1 is 1.53 bits per heavy atom. The molecule has 17 heavy (non-hydrogen) atoms. The van der Waals surface area contributed by atoms with Gasteiger partial charge in [-0.1, -0.05) is 0 Å². The van der Waals surface area contributed by atoms with Gasteiger partial charge in [0.25, 0.3) is 5.91 Å². The third-order valence-electron chi connectivity index (χ3n) is 2.68. The van der Waals surface area contributed by atoms with Gasteiger partial charge in [0.15, 0.2) is 0 Å². The van der Waals surface area contributed by atoms with E-state index >= 15 is 0 Å². The van der Waals surface area contributed by atoms with Crippen LogP contribution in [0.2, 0.25) is 0 Å². The molecule has 1 saturated heterocycles. The Kier molecular flexibility index (Phi) is 4.09. The number of hydrogen-bond acceptors (Lipinski definition) is 5. The zero-order valence-electron chi connectivity index (χ0n) is 10.2. The smallest absolute Gasteiger partial charge is 0.266 e. The Morgan fingerprint density at radius 3 is 2.88 bits per heavy atom. The number of carbonyl (C=O) groups excluding carboxylic acids is 1. The van der Waals surface area contributed by atoms with Gasteiger partial charge in [-0.15, -0.1) is 11.3 Å². The highest BCUT2D eigenvalue weighted by molar-refractivity contribution is 7.13. The molecule has 0 unspecified atom stereocenters. The van der Waals surface area contributed by atoms with Crippen molar-refractivity contribution in [2.75, 3.05) is 33.3 Å². The number of carbonyl (C=O) groups is 1. The number of methoxy groups -OCH3 is 1. The second-order valence-corrected chi connectivity index (χ2v) is 5.19. The van der Waals surface area contributed by atoms with E-state index in [1.54, 1.807) is 7.11 Å². The Balaban J connectivity index is 2.16. The van der Waals surface area contributed by atoms with Crippen LogP contribution < -0.4 is 5.32 Å². The van der Waals surface area contributed by atoms with Crippen molar-refractivity contribution in [2.24, 2.45) is 0 Å². The number of nitrogens with zero attached hydrogens (tertiary/aromatic N) is 2. The predicted octanol–water partition coefficient (Wildman–Crippen LogP) is 0.643. The monoisotopic (exact) mass is 255 g/mol. The van der Waals surface area contributed by atoms with Gasteiger partial charge in [-0.3, -0.25) is 4.79 Å². The molecular weight excluding hydrogens is 238 g/mol. The van der Waals surface area contributed by atoms with Gasteiger partial charge in [0.1, 0.15) is 4.88 Å². The van der Waals surface area contributed by atoms with Crippen LogP contribution >= 0.6 is 11.3 Å². The molecule has 0 aromatic carbocycles. The topological polar surface area (TPSA) is 54.5 Å². The number of piperazine rings is 1. The van der Waals surface area contributed by atoms with Gasteiger partial charge >= 0.3 is 0 Å². The Bertz CT molecular complexity index is 399. The normalized spacial score (nSPS) is 16.2. The highest BCUT2D eigenvalue weighted by Gasteiger charge is 2.23. The van der Waals surface area contributed by atoms with Crippen molar-refractivity contribution >= 4 is 17.2 Å². The third kappa shape index (κ3) is 2.83. The van der Waals surface area contributed by atoms with E-state index in [0.29, 0.717) is 6.61 Å². The maximum atomic E-state index is 12.3. The van der Waals surface area contributed by atoms with Crippen molar-refractivity contribution in [1.82, 2.24) is 15.2 Å². The number of amides is 1. The van der Waals surface area contributed by atoms with E-state index in [0.717, 1.165) is 41.8 Å². The molecule has 0 bridgehead atoms. The number of hydrogen-bond donors (Lipinski definition) is 1. The van der Waals surface area contributed by atoms with Crippen LogP contribution in [0.15, 0.2) is 0 Å². The lowest BCUT2D eigenvalue weighted by molar-refractivity contribution is 0.0735. The molecule has 0 saturated carbocycles. The summed E-state index contributed by atoms with van der Waals surface area (Å²) in [5.41, 5.74) is 0.763. The lowest BCUT2D eigenvalue weighted by Crippen LogP contribution is -2.46. The van der Waals surface area contributed by atoms with Crippen molar-refractivity contribution in [2.45, 2.75) is 13.5 Å². The van der Waals surface area contributed by atoms with E-state index in [2.05, 4.69) is 10.3 Å². The summed E-state index contributed by atoms with van der Waals surface area (Å²) in [4.78, 5) is 19.3. The number of ether oxygens (including phenoxy) is 1. The second-order valence-electron chi connectivity index (χ2n) is 3.98. The molecule has 0 atom stereocenters. The average Bonchev–Trinajstić information content (AvgIpc) is 2.71. The third-order valence-corrected chi connectivity index (χ3v) is 3.68. The van der Waals surface area contributed by atoms with Crippen LogP contribution in [0, 0.1) is 6.92 Å². The molecule has 5 nitrogen and oxygen atoms in total. The first-order valence-electron chi connectivity index (χ1n) is 5.67. The van der Waals surface area contributed by atoms with Crippen molar-refractivity contribution in [3.8, 4) is 0 Å². The van der Waals surface area contributed by atoms with Crippen molar-refractivity contribution < 1.29 is 9.53 Å². The Labute approximate surface area is 105 Å². The fraction of sp³-hybridized carbons (Fsp3) is 0.636. The molecule has 1 aliphatic heterocycles. The summed E-state index contributed by atoms with van der Waals surface area (Å²) < 4.78 is 5.08. The second kappa shape index (κ2) is 5.57. The molecule has 2 rings (SSSR count). The summed E-state index contributed by atoms with van der Waals surface area (Å²) in [6, 6.07) is 0. The van der Waals surface area contributed by atoms with E-state index in [9.17, 15) is 4.79 Å². The van der Waals surface area contributed by atoms with Gasteiger partial charge in [-0.25, -0.2) is 4.98 Å². The van der Waals surface area contributed by atoms with Gasteiger partial charge in [0, 0.05) is 33.3 Å². The van der Waals surface area contributed by atoms with Crippen LogP contribution in [0.1, 0.15) is 20.4 Å². The highest BCUT2D eigenvalue weighted by atomic mass is 32.1. The highest BCUT2D eigenvalue weighted by Crippen LogP contribution is 2.21. The number of rotatable bonds is 3. The molecule has 1 aromatic rings. The van der Waals surface area contributed by atoms with Gasteiger partial charge in [0.2, 0.25) is 0 Å². The molecule has 2 heterocycles. The summed E-state index contributed by atoms with van der Waals surface area (Å²) >= 11 is 1.45. The first kappa shape index (κ1) is 12.5. The maximum absolute atomic E-state index is 12.3. The molecular formula is C11H17N3O2S. The van der Waals surface area contributed by atoms with E-state index in [-0.39, 0.29) is 5.91 Å². The summed E-state index contributed by atoms with van der Waals surface area (Å²) in [6.07, 6.45) is 0. The van der Waals surface area contributed by atoms with Crippen LogP contribution in [0.3, 0.4) is 0 Å². The molecule has 1 aliphatic rings. The number of aryl methyl sites for hydroxylation is 1.